The molecule has 0 amide bonds. The van der Waals surface area contributed by atoms with Gasteiger partial charge < -0.3 is 4.57 Å². The van der Waals surface area contributed by atoms with E-state index in [-0.39, 0.29) is 0 Å². The average molecular weight is 211 g/mol. The van der Waals surface area contributed by atoms with Crippen LogP contribution in [0.15, 0.2) is 0 Å². The molecule has 0 spiro atoms. The van der Waals surface area contributed by atoms with E-state index in [1.165, 1.54) is 25.7 Å². The van der Waals surface area contributed by atoms with Gasteiger partial charge in [-0.1, -0.05) is 26.7 Å². The molecule has 1 N–H and O–H groups in total. The molecular weight excluding hydrogens is 194 g/mol. The van der Waals surface area contributed by atoms with Crippen LogP contribution in [0.1, 0.15) is 57.3 Å². The lowest BCUT2D eigenvalue weighted by Crippen LogP contribution is -2.10. The van der Waals surface area contributed by atoms with E-state index in [2.05, 4.69) is 28.6 Å². The molecule has 0 atom stereocenters. The second kappa shape index (κ2) is 3.85. The van der Waals surface area contributed by atoms with Crippen LogP contribution in [0, 0.1) is 4.77 Å². The van der Waals surface area contributed by atoms with E-state index in [4.69, 9.17) is 12.2 Å². The average Bonchev–Trinajstić information content (AvgIpc) is 2.71. The maximum absolute atomic E-state index is 5.27. The summed E-state index contributed by atoms with van der Waals surface area (Å²) in [6.45, 7) is 4.33. The summed E-state index contributed by atoms with van der Waals surface area (Å²) in [7, 11) is 0. The van der Waals surface area contributed by atoms with Crippen LogP contribution in [-0.4, -0.2) is 14.8 Å². The normalized spacial score (nSPS) is 18.2. The van der Waals surface area contributed by atoms with Crippen LogP contribution >= 0.6 is 12.2 Å². The van der Waals surface area contributed by atoms with Crippen LogP contribution in [0.3, 0.4) is 0 Å². The smallest absolute Gasteiger partial charge is 0.195 e. The second-order valence-electron chi connectivity index (χ2n) is 4.35. The Hall–Kier alpha value is -0.640. The molecule has 1 aliphatic rings. The van der Waals surface area contributed by atoms with Crippen LogP contribution in [0.4, 0.5) is 0 Å². The zero-order valence-electron chi connectivity index (χ0n) is 8.79. The predicted molar refractivity (Wildman–Crippen MR) is 59.0 cm³/mol. The molecule has 0 aliphatic heterocycles. The van der Waals surface area contributed by atoms with E-state index in [0.29, 0.717) is 12.0 Å². The van der Waals surface area contributed by atoms with E-state index >= 15 is 0 Å². The first-order valence-electron chi connectivity index (χ1n) is 5.37. The minimum Gasteiger partial charge on any atom is -0.301 e. The first kappa shape index (κ1) is 9.90. The minimum atomic E-state index is 0.448. The topological polar surface area (TPSA) is 33.6 Å². The fourth-order valence-electron chi connectivity index (χ4n) is 2.24. The van der Waals surface area contributed by atoms with Crippen molar-refractivity contribution in [3.8, 4) is 0 Å². The molecule has 4 heteroatoms. The van der Waals surface area contributed by atoms with Gasteiger partial charge in [0.15, 0.2) is 4.77 Å². The molecule has 0 saturated heterocycles. The van der Waals surface area contributed by atoms with E-state index < -0.39 is 0 Å². The van der Waals surface area contributed by atoms with Crippen LogP contribution < -0.4 is 0 Å². The highest BCUT2D eigenvalue weighted by atomic mass is 32.1. The first-order valence-corrected chi connectivity index (χ1v) is 5.77. The summed E-state index contributed by atoms with van der Waals surface area (Å²) >= 11 is 5.27. The number of nitrogens with one attached hydrogen (secondary N) is 1. The number of nitrogens with zero attached hydrogens (tertiary/aromatic N) is 2. The van der Waals surface area contributed by atoms with Crippen molar-refractivity contribution in [2.75, 3.05) is 0 Å². The monoisotopic (exact) mass is 211 g/mol. The number of hydrogen-bond donors (Lipinski definition) is 1. The van der Waals surface area contributed by atoms with Crippen LogP contribution in [0.25, 0.3) is 0 Å². The lowest BCUT2D eigenvalue weighted by Gasteiger charge is -2.15. The predicted octanol–water partition coefficient (Wildman–Crippen LogP) is 3.18. The van der Waals surface area contributed by atoms with Crippen molar-refractivity contribution < 1.29 is 0 Å². The van der Waals surface area contributed by atoms with Crippen molar-refractivity contribution in [1.29, 1.82) is 0 Å². The van der Waals surface area contributed by atoms with Crippen molar-refractivity contribution >= 4 is 12.2 Å². The fraction of sp³-hybridized carbons (Fsp3) is 0.800. The molecular formula is C10H17N3S. The van der Waals surface area contributed by atoms with Crippen molar-refractivity contribution in [2.24, 2.45) is 0 Å². The van der Waals surface area contributed by atoms with Gasteiger partial charge in [0, 0.05) is 12.0 Å². The van der Waals surface area contributed by atoms with Gasteiger partial charge in [0.1, 0.15) is 5.82 Å². The highest BCUT2D eigenvalue weighted by Gasteiger charge is 2.21. The van der Waals surface area contributed by atoms with Crippen molar-refractivity contribution in [3.05, 3.63) is 10.6 Å². The highest BCUT2D eigenvalue weighted by molar-refractivity contribution is 7.71. The van der Waals surface area contributed by atoms with Crippen LogP contribution in [0.2, 0.25) is 0 Å². The molecule has 0 unspecified atom stereocenters. The molecule has 14 heavy (non-hydrogen) atoms. The molecule has 1 aliphatic carbocycles. The molecule has 3 nitrogen and oxygen atoms in total. The van der Waals surface area contributed by atoms with Gasteiger partial charge in [-0.2, -0.15) is 5.10 Å². The van der Waals surface area contributed by atoms with Gasteiger partial charge in [-0.15, -0.1) is 0 Å². The molecule has 0 radical (unpaired) electrons. The zero-order valence-corrected chi connectivity index (χ0v) is 9.60. The summed E-state index contributed by atoms with van der Waals surface area (Å²) in [5, 5.41) is 7.22. The van der Waals surface area contributed by atoms with Crippen molar-refractivity contribution in [1.82, 2.24) is 14.8 Å². The van der Waals surface area contributed by atoms with Crippen molar-refractivity contribution in [2.45, 2.75) is 51.5 Å². The Labute approximate surface area is 89.5 Å². The largest absolute Gasteiger partial charge is 0.301 e. The third-order valence-electron chi connectivity index (χ3n) is 2.94. The summed E-state index contributed by atoms with van der Waals surface area (Å²) in [6, 6.07) is 0.596. The van der Waals surface area contributed by atoms with Crippen LogP contribution in [-0.2, 0) is 0 Å². The summed E-state index contributed by atoms with van der Waals surface area (Å²) < 4.78 is 3.02. The lowest BCUT2D eigenvalue weighted by atomic mass is 10.2. The zero-order chi connectivity index (χ0) is 10.1. The molecule has 1 heterocycles. The Balaban J connectivity index is 2.38. The second-order valence-corrected chi connectivity index (χ2v) is 4.74. The maximum Gasteiger partial charge on any atom is 0.195 e. The van der Waals surface area contributed by atoms with Crippen LogP contribution in [0.5, 0.6) is 0 Å². The SMILES string of the molecule is CC(C)c1n[nH]c(=S)n1C1CCCC1. The highest BCUT2D eigenvalue weighted by Crippen LogP contribution is 2.31. The molecule has 0 aromatic carbocycles. The Morgan fingerprint density at radius 1 is 1.43 bits per heavy atom. The molecule has 78 valence electrons. The van der Waals surface area contributed by atoms with Gasteiger partial charge in [-0.3, -0.25) is 5.10 Å². The summed E-state index contributed by atoms with van der Waals surface area (Å²) in [6.07, 6.45) is 5.17. The van der Waals surface area contributed by atoms with Gasteiger partial charge in [-0.05, 0) is 25.1 Å². The summed E-state index contributed by atoms with van der Waals surface area (Å²) in [5.41, 5.74) is 0. The lowest BCUT2D eigenvalue weighted by molar-refractivity contribution is 0.481. The molecule has 1 aromatic heterocycles. The minimum absolute atomic E-state index is 0.448. The fourth-order valence-corrected chi connectivity index (χ4v) is 2.53. The number of rotatable bonds is 2. The van der Waals surface area contributed by atoms with Gasteiger partial charge in [0.2, 0.25) is 0 Å². The Morgan fingerprint density at radius 2 is 2.07 bits per heavy atom. The van der Waals surface area contributed by atoms with Gasteiger partial charge >= 0.3 is 0 Å². The number of hydrogen-bond acceptors (Lipinski definition) is 2. The van der Waals surface area contributed by atoms with Gasteiger partial charge in [0.25, 0.3) is 0 Å². The van der Waals surface area contributed by atoms with E-state index in [1.807, 2.05) is 0 Å². The summed E-state index contributed by atoms with van der Waals surface area (Å²) in [4.78, 5) is 0. The Kier molecular flexibility index (Phi) is 2.72. The van der Waals surface area contributed by atoms with E-state index in [1.54, 1.807) is 0 Å². The third-order valence-corrected chi connectivity index (χ3v) is 3.23. The summed E-state index contributed by atoms with van der Waals surface area (Å²) in [5.74, 6) is 1.56. The molecule has 1 fully saturated rings. The molecule has 0 bridgehead atoms. The van der Waals surface area contributed by atoms with E-state index in [9.17, 15) is 0 Å². The Bertz CT molecular complexity index is 358. The van der Waals surface area contributed by atoms with E-state index in [0.717, 1.165) is 10.6 Å². The maximum atomic E-state index is 5.27. The molecule has 1 saturated carbocycles. The standard InChI is InChI=1S/C10H17N3S/c1-7(2)9-11-12-10(14)13(9)8-5-3-4-6-8/h7-8H,3-6H2,1-2H3,(H,12,14). The van der Waals surface area contributed by atoms with Crippen molar-refractivity contribution in [3.63, 3.8) is 0 Å². The Morgan fingerprint density at radius 3 is 2.64 bits per heavy atom. The number of aromatic amines is 1. The molecule has 1 aromatic rings. The number of aromatic nitrogens is 3. The quantitative estimate of drug-likeness (QED) is 0.762. The van der Waals surface area contributed by atoms with Gasteiger partial charge in [0.05, 0.1) is 0 Å². The third kappa shape index (κ3) is 1.63. The molecule has 2 rings (SSSR count). The van der Waals surface area contributed by atoms with Gasteiger partial charge in [-0.25, -0.2) is 0 Å². The first-order chi connectivity index (χ1) is 6.70. The number of H-pyrrole nitrogens is 1.